The van der Waals surface area contributed by atoms with Crippen LogP contribution in [-0.4, -0.2) is 11.1 Å². The van der Waals surface area contributed by atoms with Crippen LogP contribution in [0.2, 0.25) is 0 Å². The Balaban J connectivity index is 2.76. The molecule has 0 saturated carbocycles. The molecule has 2 heteroatoms. The van der Waals surface area contributed by atoms with E-state index in [1.165, 1.54) is 0 Å². The number of aromatic carboxylic acids is 1. The first-order chi connectivity index (χ1) is 7.22. The van der Waals surface area contributed by atoms with Crippen LogP contribution in [0.15, 0.2) is 36.4 Å². The summed E-state index contributed by atoms with van der Waals surface area (Å²) in [5.74, 6) is 1.64. The standard InChI is InChI=1S/C13H8O2/c1-2-9-4-3-5-10-8-11(13(14)15)6-7-12(9)10/h1,3-8H,(H,14,15). The minimum Gasteiger partial charge on any atom is -0.478 e. The van der Waals surface area contributed by atoms with Gasteiger partial charge < -0.3 is 5.11 Å². The first-order valence-corrected chi connectivity index (χ1v) is 4.45. The van der Waals surface area contributed by atoms with Gasteiger partial charge in [0.1, 0.15) is 0 Å². The van der Waals surface area contributed by atoms with Gasteiger partial charge >= 0.3 is 5.97 Å². The monoisotopic (exact) mass is 196 g/mol. The van der Waals surface area contributed by atoms with E-state index in [0.29, 0.717) is 0 Å². The number of hydrogen-bond acceptors (Lipinski definition) is 1. The second-order valence-electron chi connectivity index (χ2n) is 3.19. The van der Waals surface area contributed by atoms with Crippen LogP contribution >= 0.6 is 0 Å². The highest BCUT2D eigenvalue weighted by Gasteiger charge is 2.04. The summed E-state index contributed by atoms with van der Waals surface area (Å²) >= 11 is 0. The van der Waals surface area contributed by atoms with Crippen molar-refractivity contribution in [2.45, 2.75) is 0 Å². The predicted molar refractivity (Wildman–Crippen MR) is 58.8 cm³/mol. The first-order valence-electron chi connectivity index (χ1n) is 4.45. The van der Waals surface area contributed by atoms with Crippen LogP contribution in [0.3, 0.4) is 0 Å². The maximum Gasteiger partial charge on any atom is 0.335 e. The van der Waals surface area contributed by atoms with E-state index in [0.717, 1.165) is 16.3 Å². The molecule has 0 heterocycles. The zero-order valence-electron chi connectivity index (χ0n) is 7.90. The Kier molecular flexibility index (Phi) is 2.15. The Hall–Kier alpha value is -2.27. The molecule has 72 valence electrons. The average Bonchev–Trinajstić information content (AvgIpc) is 2.27. The van der Waals surface area contributed by atoms with Gasteiger partial charge in [0.25, 0.3) is 0 Å². The first kappa shape index (κ1) is 9.29. The molecule has 0 spiro atoms. The number of terminal acetylenes is 1. The Bertz CT molecular complexity index is 577. The minimum atomic E-state index is -0.928. The molecule has 0 aliphatic rings. The van der Waals surface area contributed by atoms with Crippen molar-refractivity contribution >= 4 is 16.7 Å². The number of rotatable bonds is 1. The van der Waals surface area contributed by atoms with Crippen molar-refractivity contribution in [1.82, 2.24) is 0 Å². The lowest BCUT2D eigenvalue weighted by Gasteiger charge is -2.01. The highest BCUT2D eigenvalue weighted by molar-refractivity contribution is 5.96. The van der Waals surface area contributed by atoms with Crippen molar-refractivity contribution in [3.63, 3.8) is 0 Å². The molecule has 0 radical (unpaired) electrons. The lowest BCUT2D eigenvalue weighted by Crippen LogP contribution is -1.95. The molecule has 0 saturated heterocycles. The summed E-state index contributed by atoms with van der Waals surface area (Å²) in [6.07, 6.45) is 5.35. The van der Waals surface area contributed by atoms with Gasteiger partial charge in [-0.1, -0.05) is 24.1 Å². The fraction of sp³-hybridized carbons (Fsp3) is 0. The van der Waals surface area contributed by atoms with E-state index in [4.69, 9.17) is 11.5 Å². The summed E-state index contributed by atoms with van der Waals surface area (Å²) in [4.78, 5) is 10.8. The molecule has 2 rings (SSSR count). The summed E-state index contributed by atoms with van der Waals surface area (Å²) < 4.78 is 0. The molecular weight excluding hydrogens is 188 g/mol. The second kappa shape index (κ2) is 3.47. The van der Waals surface area contributed by atoms with Gasteiger partial charge in [0, 0.05) is 5.56 Å². The molecule has 0 aromatic heterocycles. The van der Waals surface area contributed by atoms with E-state index in [9.17, 15) is 4.79 Å². The van der Waals surface area contributed by atoms with Gasteiger partial charge in [-0.25, -0.2) is 4.79 Å². The van der Waals surface area contributed by atoms with E-state index in [1.54, 1.807) is 18.2 Å². The van der Waals surface area contributed by atoms with E-state index in [2.05, 4.69) is 5.92 Å². The Morgan fingerprint density at radius 1 is 1.27 bits per heavy atom. The van der Waals surface area contributed by atoms with Crippen molar-refractivity contribution in [3.05, 3.63) is 47.5 Å². The van der Waals surface area contributed by atoms with Crippen LogP contribution in [0.1, 0.15) is 15.9 Å². The number of carboxylic acid groups (broad SMARTS) is 1. The average molecular weight is 196 g/mol. The molecule has 0 atom stereocenters. The van der Waals surface area contributed by atoms with Gasteiger partial charge in [-0.05, 0) is 29.0 Å². The lowest BCUT2D eigenvalue weighted by atomic mass is 10.0. The molecule has 0 fully saturated rings. The van der Waals surface area contributed by atoms with Crippen LogP contribution in [0.4, 0.5) is 0 Å². The quantitative estimate of drug-likeness (QED) is 0.711. The number of carbonyl (C=O) groups is 1. The molecule has 2 aromatic rings. The third-order valence-electron chi connectivity index (χ3n) is 2.28. The van der Waals surface area contributed by atoms with Crippen LogP contribution in [0.5, 0.6) is 0 Å². The smallest absolute Gasteiger partial charge is 0.335 e. The summed E-state index contributed by atoms with van der Waals surface area (Å²) in [6, 6.07) is 10.4. The number of hydrogen-bond donors (Lipinski definition) is 1. The molecule has 2 aromatic carbocycles. The largest absolute Gasteiger partial charge is 0.478 e. The van der Waals surface area contributed by atoms with Gasteiger partial charge in [0.2, 0.25) is 0 Å². The van der Waals surface area contributed by atoms with E-state index in [1.807, 2.05) is 18.2 Å². The van der Waals surface area contributed by atoms with Gasteiger partial charge in [-0.2, -0.15) is 0 Å². The zero-order valence-corrected chi connectivity index (χ0v) is 7.90. The van der Waals surface area contributed by atoms with Gasteiger partial charge in [0.05, 0.1) is 5.56 Å². The molecule has 0 aliphatic carbocycles. The minimum absolute atomic E-state index is 0.275. The number of benzene rings is 2. The van der Waals surface area contributed by atoms with Gasteiger partial charge in [-0.3, -0.25) is 0 Å². The Labute approximate surface area is 87.2 Å². The third-order valence-corrected chi connectivity index (χ3v) is 2.28. The fourth-order valence-electron chi connectivity index (χ4n) is 1.54. The van der Waals surface area contributed by atoms with Crippen LogP contribution in [-0.2, 0) is 0 Å². The van der Waals surface area contributed by atoms with E-state index >= 15 is 0 Å². The highest BCUT2D eigenvalue weighted by atomic mass is 16.4. The predicted octanol–water partition coefficient (Wildman–Crippen LogP) is 2.52. The number of carboxylic acids is 1. The van der Waals surface area contributed by atoms with Gasteiger partial charge in [0.15, 0.2) is 0 Å². The Morgan fingerprint density at radius 2 is 2.07 bits per heavy atom. The topological polar surface area (TPSA) is 37.3 Å². The van der Waals surface area contributed by atoms with Crippen LogP contribution in [0, 0.1) is 12.3 Å². The molecular formula is C13H8O2. The summed E-state index contributed by atoms with van der Waals surface area (Å²) in [6.45, 7) is 0. The molecule has 2 nitrogen and oxygen atoms in total. The molecule has 0 amide bonds. The van der Waals surface area contributed by atoms with E-state index < -0.39 is 5.97 Å². The maximum atomic E-state index is 10.8. The van der Waals surface area contributed by atoms with Crippen molar-refractivity contribution in [2.24, 2.45) is 0 Å². The van der Waals surface area contributed by atoms with Crippen molar-refractivity contribution in [2.75, 3.05) is 0 Å². The Morgan fingerprint density at radius 3 is 2.73 bits per heavy atom. The van der Waals surface area contributed by atoms with Gasteiger partial charge in [-0.15, -0.1) is 6.42 Å². The number of fused-ring (bicyclic) bond motifs is 1. The van der Waals surface area contributed by atoms with Crippen molar-refractivity contribution < 1.29 is 9.90 Å². The van der Waals surface area contributed by atoms with Crippen LogP contribution < -0.4 is 0 Å². The third kappa shape index (κ3) is 1.55. The van der Waals surface area contributed by atoms with Crippen molar-refractivity contribution in [3.8, 4) is 12.3 Å². The molecule has 0 aliphatic heterocycles. The molecule has 0 bridgehead atoms. The van der Waals surface area contributed by atoms with Crippen LogP contribution in [0.25, 0.3) is 10.8 Å². The summed E-state index contributed by atoms with van der Waals surface area (Å²) in [5, 5.41) is 10.6. The second-order valence-corrected chi connectivity index (χ2v) is 3.19. The van der Waals surface area contributed by atoms with Crippen molar-refractivity contribution in [1.29, 1.82) is 0 Å². The zero-order chi connectivity index (χ0) is 10.8. The summed E-state index contributed by atoms with van der Waals surface area (Å²) in [5.41, 5.74) is 1.06. The fourth-order valence-corrected chi connectivity index (χ4v) is 1.54. The molecule has 1 N–H and O–H groups in total. The summed E-state index contributed by atoms with van der Waals surface area (Å²) in [7, 11) is 0. The highest BCUT2D eigenvalue weighted by Crippen LogP contribution is 2.19. The molecule has 15 heavy (non-hydrogen) atoms. The SMILES string of the molecule is C#Cc1cccc2cc(C(=O)O)ccc12. The lowest BCUT2D eigenvalue weighted by molar-refractivity contribution is 0.0697. The van der Waals surface area contributed by atoms with E-state index in [-0.39, 0.29) is 5.56 Å². The normalized spacial score (nSPS) is 9.80. The maximum absolute atomic E-state index is 10.8. The molecule has 0 unspecified atom stereocenters.